The molecule has 0 N–H and O–H groups in total. The number of carbonyl (C=O) groups excluding carboxylic acids is 2. The number of methoxy groups -OCH3 is 1. The number of hydrogen-bond donors (Lipinski definition) is 0. The van der Waals surface area contributed by atoms with Crippen molar-refractivity contribution in [3.8, 4) is 0 Å². The lowest BCUT2D eigenvalue weighted by Crippen LogP contribution is -2.33. The first-order valence-corrected chi connectivity index (χ1v) is 6.97. The van der Waals surface area contributed by atoms with Crippen molar-refractivity contribution in [3.05, 3.63) is 35.4 Å². The lowest BCUT2D eigenvalue weighted by Gasteiger charge is -2.20. The van der Waals surface area contributed by atoms with Crippen molar-refractivity contribution in [3.63, 3.8) is 0 Å². The van der Waals surface area contributed by atoms with Crippen molar-refractivity contribution in [1.82, 2.24) is 4.90 Å². The standard InChI is InChI=1S/C16H23NO3/c1-4-17(12-11-16(19)20-3)15(18)10-9-14-7-5-13(2)6-8-14/h5-8H,4,9-12H2,1-3H3. The summed E-state index contributed by atoms with van der Waals surface area (Å²) in [5.41, 5.74) is 2.38. The summed E-state index contributed by atoms with van der Waals surface area (Å²) in [6.45, 7) is 5.00. The van der Waals surface area contributed by atoms with Crippen LogP contribution in [0.15, 0.2) is 24.3 Å². The highest BCUT2D eigenvalue weighted by molar-refractivity contribution is 5.77. The fraction of sp³-hybridized carbons (Fsp3) is 0.500. The molecule has 0 saturated carbocycles. The fourth-order valence-electron chi connectivity index (χ4n) is 1.95. The van der Waals surface area contributed by atoms with Gasteiger partial charge >= 0.3 is 5.97 Å². The van der Waals surface area contributed by atoms with Crippen molar-refractivity contribution in [1.29, 1.82) is 0 Å². The smallest absolute Gasteiger partial charge is 0.307 e. The molecule has 0 atom stereocenters. The molecular weight excluding hydrogens is 254 g/mol. The largest absolute Gasteiger partial charge is 0.469 e. The minimum atomic E-state index is -0.283. The summed E-state index contributed by atoms with van der Waals surface area (Å²) in [7, 11) is 1.36. The van der Waals surface area contributed by atoms with Crippen molar-refractivity contribution in [2.45, 2.75) is 33.1 Å². The van der Waals surface area contributed by atoms with Crippen LogP contribution in [0.4, 0.5) is 0 Å². The molecule has 1 aromatic carbocycles. The molecule has 0 aromatic heterocycles. The Morgan fingerprint density at radius 3 is 2.35 bits per heavy atom. The van der Waals surface area contributed by atoms with Gasteiger partial charge in [0.05, 0.1) is 13.5 Å². The Kier molecular flexibility index (Phi) is 6.77. The molecule has 0 saturated heterocycles. The van der Waals surface area contributed by atoms with E-state index in [1.54, 1.807) is 4.90 Å². The Morgan fingerprint density at radius 1 is 1.15 bits per heavy atom. The highest BCUT2D eigenvalue weighted by Crippen LogP contribution is 2.07. The summed E-state index contributed by atoms with van der Waals surface area (Å²) < 4.78 is 4.59. The van der Waals surface area contributed by atoms with Crippen LogP contribution >= 0.6 is 0 Å². The molecule has 0 spiro atoms. The molecular formula is C16H23NO3. The quantitative estimate of drug-likeness (QED) is 0.719. The summed E-state index contributed by atoms with van der Waals surface area (Å²) in [4.78, 5) is 24.9. The van der Waals surface area contributed by atoms with Gasteiger partial charge < -0.3 is 9.64 Å². The summed E-state index contributed by atoms with van der Waals surface area (Å²) in [6, 6.07) is 8.20. The average molecular weight is 277 g/mol. The summed E-state index contributed by atoms with van der Waals surface area (Å²) in [5.74, 6) is -0.202. The lowest BCUT2D eigenvalue weighted by molar-refractivity contribution is -0.141. The van der Waals surface area contributed by atoms with Gasteiger partial charge in [0.2, 0.25) is 5.91 Å². The first kappa shape index (κ1) is 16.2. The second-order valence-electron chi connectivity index (χ2n) is 4.79. The van der Waals surface area contributed by atoms with Gasteiger partial charge in [0.25, 0.3) is 0 Å². The zero-order chi connectivity index (χ0) is 15.0. The van der Waals surface area contributed by atoms with Crippen LogP contribution in [0.25, 0.3) is 0 Å². The molecule has 0 bridgehead atoms. The SMILES string of the molecule is CCN(CCC(=O)OC)C(=O)CCc1ccc(C)cc1. The monoisotopic (exact) mass is 277 g/mol. The second-order valence-corrected chi connectivity index (χ2v) is 4.79. The first-order chi connectivity index (χ1) is 9.56. The van der Waals surface area contributed by atoms with E-state index in [0.29, 0.717) is 19.5 Å². The number of aryl methyl sites for hydroxylation is 2. The highest BCUT2D eigenvalue weighted by Gasteiger charge is 2.13. The van der Waals surface area contributed by atoms with Crippen LogP contribution in [-0.4, -0.2) is 37.0 Å². The zero-order valence-electron chi connectivity index (χ0n) is 12.5. The van der Waals surface area contributed by atoms with Gasteiger partial charge in [-0.25, -0.2) is 0 Å². The number of esters is 1. The van der Waals surface area contributed by atoms with Crippen LogP contribution in [0.2, 0.25) is 0 Å². The number of hydrogen-bond acceptors (Lipinski definition) is 3. The van der Waals surface area contributed by atoms with Crippen molar-refractivity contribution < 1.29 is 14.3 Å². The van der Waals surface area contributed by atoms with Gasteiger partial charge in [0.15, 0.2) is 0 Å². The zero-order valence-corrected chi connectivity index (χ0v) is 12.5. The van der Waals surface area contributed by atoms with Gasteiger partial charge in [-0.05, 0) is 25.8 Å². The Balaban J connectivity index is 2.42. The van der Waals surface area contributed by atoms with Gasteiger partial charge in [-0.1, -0.05) is 29.8 Å². The number of nitrogens with zero attached hydrogens (tertiary/aromatic N) is 1. The van der Waals surface area contributed by atoms with E-state index >= 15 is 0 Å². The topological polar surface area (TPSA) is 46.6 Å². The van der Waals surface area contributed by atoms with Crippen LogP contribution in [0.5, 0.6) is 0 Å². The third kappa shape index (κ3) is 5.43. The van der Waals surface area contributed by atoms with Gasteiger partial charge in [-0.2, -0.15) is 0 Å². The molecule has 1 rings (SSSR count). The number of benzene rings is 1. The Hall–Kier alpha value is -1.84. The number of amides is 1. The molecule has 1 amide bonds. The van der Waals surface area contributed by atoms with Gasteiger partial charge in [-0.3, -0.25) is 9.59 Å². The van der Waals surface area contributed by atoms with E-state index in [1.165, 1.54) is 12.7 Å². The third-order valence-electron chi connectivity index (χ3n) is 3.30. The summed E-state index contributed by atoms with van der Waals surface area (Å²) in [5, 5.41) is 0. The van der Waals surface area contributed by atoms with E-state index in [0.717, 1.165) is 12.0 Å². The molecule has 4 nitrogen and oxygen atoms in total. The van der Waals surface area contributed by atoms with Crippen LogP contribution in [0.3, 0.4) is 0 Å². The van der Waals surface area contributed by atoms with Crippen molar-refractivity contribution in [2.24, 2.45) is 0 Å². The van der Waals surface area contributed by atoms with Crippen molar-refractivity contribution >= 4 is 11.9 Å². The molecule has 0 unspecified atom stereocenters. The van der Waals surface area contributed by atoms with Gasteiger partial charge in [0.1, 0.15) is 0 Å². The highest BCUT2D eigenvalue weighted by atomic mass is 16.5. The van der Waals surface area contributed by atoms with E-state index in [1.807, 2.05) is 26.0 Å². The number of rotatable bonds is 7. The maximum Gasteiger partial charge on any atom is 0.307 e. The molecule has 4 heteroatoms. The minimum absolute atomic E-state index is 0.0805. The molecule has 0 aliphatic carbocycles. The molecule has 1 aromatic rings. The predicted octanol–water partition coefficient (Wildman–Crippen LogP) is 2.34. The lowest BCUT2D eigenvalue weighted by atomic mass is 10.1. The Morgan fingerprint density at radius 2 is 1.80 bits per heavy atom. The van der Waals surface area contributed by atoms with Crippen LogP contribution < -0.4 is 0 Å². The molecule has 20 heavy (non-hydrogen) atoms. The van der Waals surface area contributed by atoms with Gasteiger partial charge in [0, 0.05) is 19.5 Å². The predicted molar refractivity (Wildman–Crippen MR) is 78.4 cm³/mol. The maximum absolute atomic E-state index is 12.1. The maximum atomic E-state index is 12.1. The van der Waals surface area contributed by atoms with Crippen LogP contribution in [0.1, 0.15) is 30.9 Å². The number of carbonyl (C=O) groups is 2. The average Bonchev–Trinajstić information content (AvgIpc) is 2.47. The molecule has 0 fully saturated rings. The van der Waals surface area contributed by atoms with Gasteiger partial charge in [-0.15, -0.1) is 0 Å². The molecule has 0 heterocycles. The summed E-state index contributed by atoms with van der Waals surface area (Å²) >= 11 is 0. The minimum Gasteiger partial charge on any atom is -0.469 e. The second kappa shape index (κ2) is 8.35. The van der Waals surface area contributed by atoms with E-state index in [2.05, 4.69) is 16.9 Å². The van der Waals surface area contributed by atoms with E-state index in [9.17, 15) is 9.59 Å². The van der Waals surface area contributed by atoms with E-state index < -0.39 is 0 Å². The Labute approximate surface area is 120 Å². The van der Waals surface area contributed by atoms with Crippen LogP contribution in [-0.2, 0) is 20.7 Å². The fourth-order valence-corrected chi connectivity index (χ4v) is 1.95. The normalized spacial score (nSPS) is 10.2. The third-order valence-corrected chi connectivity index (χ3v) is 3.30. The van der Waals surface area contributed by atoms with E-state index in [4.69, 9.17) is 0 Å². The molecule has 0 radical (unpaired) electrons. The van der Waals surface area contributed by atoms with E-state index in [-0.39, 0.29) is 18.3 Å². The summed E-state index contributed by atoms with van der Waals surface area (Å²) in [6.07, 6.45) is 1.45. The Bertz CT molecular complexity index is 440. The number of ether oxygens (including phenoxy) is 1. The molecule has 0 aliphatic heterocycles. The molecule has 110 valence electrons. The van der Waals surface area contributed by atoms with Crippen LogP contribution in [0, 0.1) is 6.92 Å². The first-order valence-electron chi connectivity index (χ1n) is 6.97. The molecule has 0 aliphatic rings. The van der Waals surface area contributed by atoms with Crippen molar-refractivity contribution in [2.75, 3.05) is 20.2 Å².